The zero-order valence-corrected chi connectivity index (χ0v) is 19.3. The van der Waals surface area contributed by atoms with Crippen molar-refractivity contribution in [2.75, 3.05) is 11.1 Å². The predicted octanol–water partition coefficient (Wildman–Crippen LogP) is 4.68. The number of anilines is 1. The van der Waals surface area contributed by atoms with Crippen LogP contribution >= 0.6 is 31.9 Å². The fraction of sp³-hybridized carbons (Fsp3) is 0.211. The van der Waals surface area contributed by atoms with Gasteiger partial charge in [0, 0.05) is 8.95 Å². The zero-order chi connectivity index (χ0) is 19.9. The third-order valence-corrected chi connectivity index (χ3v) is 7.24. The van der Waals surface area contributed by atoms with Gasteiger partial charge in [-0.1, -0.05) is 47.7 Å². The van der Waals surface area contributed by atoms with Crippen LogP contribution in [0.3, 0.4) is 0 Å². The van der Waals surface area contributed by atoms with E-state index in [1.807, 2.05) is 37.8 Å². The van der Waals surface area contributed by atoms with E-state index < -0.39 is 20.0 Å². The molecule has 3 rings (SSSR count). The second-order valence-corrected chi connectivity index (χ2v) is 13.8. The molecular formula is C19H18Br2N2O3Si. The summed E-state index contributed by atoms with van der Waals surface area (Å²) >= 11 is 6.96. The second kappa shape index (κ2) is 7.33. The number of hydrogen-bond donors (Lipinski definition) is 0. The molecule has 0 bridgehead atoms. The van der Waals surface area contributed by atoms with Crippen molar-refractivity contribution in [2.24, 2.45) is 0 Å². The molecule has 5 nitrogen and oxygen atoms in total. The molecule has 1 aliphatic rings. The number of fused-ring (bicyclic) bond motifs is 1. The maximum Gasteiger partial charge on any atom is 0.262 e. The average molecular weight is 510 g/mol. The number of amides is 3. The van der Waals surface area contributed by atoms with Gasteiger partial charge in [-0.2, -0.15) is 0 Å². The molecule has 0 atom stereocenters. The van der Waals surface area contributed by atoms with Gasteiger partial charge in [0.25, 0.3) is 11.8 Å². The monoisotopic (exact) mass is 508 g/mol. The van der Waals surface area contributed by atoms with Gasteiger partial charge in [0.2, 0.25) is 5.91 Å². The summed E-state index contributed by atoms with van der Waals surface area (Å²) in [6.45, 7) is 5.84. The molecule has 27 heavy (non-hydrogen) atoms. The molecule has 0 saturated heterocycles. The molecule has 2 aromatic carbocycles. The molecule has 1 aliphatic heterocycles. The van der Waals surface area contributed by atoms with Crippen LogP contribution in [0.15, 0.2) is 51.4 Å². The number of imide groups is 1. The van der Waals surface area contributed by atoms with E-state index in [2.05, 4.69) is 31.9 Å². The Morgan fingerprint density at radius 2 is 1.56 bits per heavy atom. The molecule has 0 saturated carbocycles. The van der Waals surface area contributed by atoms with Crippen LogP contribution in [0, 0.1) is 0 Å². The van der Waals surface area contributed by atoms with E-state index in [-0.39, 0.29) is 12.5 Å². The summed E-state index contributed by atoms with van der Waals surface area (Å²) in [5.41, 5.74) is 1.42. The molecule has 1 heterocycles. The molecule has 0 N–H and O–H groups in total. The Morgan fingerprint density at radius 1 is 1.00 bits per heavy atom. The first-order valence-corrected chi connectivity index (χ1v) is 13.4. The highest BCUT2D eigenvalue weighted by molar-refractivity contribution is 9.11. The Kier molecular flexibility index (Phi) is 5.42. The van der Waals surface area contributed by atoms with Crippen LogP contribution in [-0.2, 0) is 4.79 Å². The summed E-state index contributed by atoms with van der Waals surface area (Å²) < 4.78 is 3.37. The first-order chi connectivity index (χ1) is 12.6. The van der Waals surface area contributed by atoms with Crippen LogP contribution in [-0.4, -0.2) is 37.4 Å². The number of halogens is 2. The number of benzene rings is 2. The number of carbonyl (C=O) groups is 3. The van der Waals surface area contributed by atoms with E-state index in [1.165, 1.54) is 0 Å². The van der Waals surface area contributed by atoms with Crippen molar-refractivity contribution < 1.29 is 14.4 Å². The van der Waals surface area contributed by atoms with Crippen molar-refractivity contribution in [3.8, 4) is 0 Å². The largest absolute Gasteiger partial charge is 0.338 e. The van der Waals surface area contributed by atoms with Gasteiger partial charge in [0.05, 0.1) is 16.8 Å². The van der Waals surface area contributed by atoms with E-state index in [4.69, 9.17) is 0 Å². The van der Waals surface area contributed by atoms with E-state index in [0.717, 1.165) is 19.5 Å². The maximum atomic E-state index is 13.2. The predicted molar refractivity (Wildman–Crippen MR) is 114 cm³/mol. The minimum absolute atomic E-state index is 0.275. The Balaban J connectivity index is 1.94. The highest BCUT2D eigenvalue weighted by Crippen LogP contribution is 2.33. The van der Waals surface area contributed by atoms with E-state index >= 15 is 0 Å². The van der Waals surface area contributed by atoms with E-state index in [1.54, 1.807) is 28.8 Å². The number of hydrogen-bond acceptors (Lipinski definition) is 3. The molecule has 0 radical (unpaired) electrons. The SMILES string of the molecule is C[Si](C)(C)N(C(=O)CN1C(=O)c2ccccc2C1=O)c1cc(Br)ccc1Br. The van der Waals surface area contributed by atoms with Crippen molar-refractivity contribution in [3.63, 3.8) is 0 Å². The summed E-state index contributed by atoms with van der Waals surface area (Å²) in [6.07, 6.45) is 0. The first kappa shape index (κ1) is 20.0. The van der Waals surface area contributed by atoms with Gasteiger partial charge in [-0.15, -0.1) is 0 Å². The highest BCUT2D eigenvalue weighted by atomic mass is 79.9. The van der Waals surface area contributed by atoms with Crippen molar-refractivity contribution in [1.82, 2.24) is 4.90 Å². The summed E-state index contributed by atoms with van der Waals surface area (Å²) in [7, 11) is -2.16. The number of nitrogens with zero attached hydrogens (tertiary/aromatic N) is 2. The highest BCUT2D eigenvalue weighted by Gasteiger charge is 2.39. The Bertz CT molecular complexity index is 921. The van der Waals surface area contributed by atoms with Crippen molar-refractivity contribution in [2.45, 2.75) is 19.6 Å². The fourth-order valence-corrected chi connectivity index (χ4v) is 5.78. The minimum atomic E-state index is -2.16. The van der Waals surface area contributed by atoms with E-state index in [0.29, 0.717) is 11.1 Å². The Hall–Kier alpha value is -1.77. The standard InChI is InChI=1S/C19H18Br2N2O3Si/c1-27(2,3)23(16-10-12(20)8-9-15(16)21)17(24)11-22-18(25)13-6-4-5-7-14(13)19(22)26/h4-10H,11H2,1-3H3. The molecule has 8 heteroatoms. The lowest BCUT2D eigenvalue weighted by Crippen LogP contribution is -2.54. The molecule has 0 unspecified atom stereocenters. The molecule has 0 aliphatic carbocycles. The molecule has 2 aromatic rings. The maximum absolute atomic E-state index is 13.2. The summed E-state index contributed by atoms with van der Waals surface area (Å²) in [5, 5.41) is 0. The Labute approximate surface area is 175 Å². The van der Waals surface area contributed by atoms with Gasteiger partial charge in [0.1, 0.15) is 6.54 Å². The second-order valence-electron chi connectivity index (χ2n) is 7.24. The van der Waals surface area contributed by atoms with Crippen LogP contribution in [0.25, 0.3) is 0 Å². The molecular weight excluding hydrogens is 492 g/mol. The van der Waals surface area contributed by atoms with Gasteiger partial charge in [-0.05, 0) is 46.3 Å². The summed E-state index contributed by atoms with van der Waals surface area (Å²) in [6, 6.07) is 12.3. The Morgan fingerprint density at radius 3 is 2.07 bits per heavy atom. The third kappa shape index (κ3) is 3.79. The van der Waals surface area contributed by atoms with Crippen LogP contribution < -0.4 is 4.57 Å². The average Bonchev–Trinajstić information content (AvgIpc) is 2.82. The van der Waals surface area contributed by atoms with Crippen molar-refractivity contribution >= 4 is 63.5 Å². The first-order valence-electron chi connectivity index (χ1n) is 8.34. The lowest BCUT2D eigenvalue weighted by molar-refractivity contribution is -0.118. The number of carbonyl (C=O) groups excluding carboxylic acids is 3. The van der Waals surface area contributed by atoms with Gasteiger partial charge >= 0.3 is 0 Å². The molecule has 0 spiro atoms. The van der Waals surface area contributed by atoms with Crippen LogP contribution in [0.5, 0.6) is 0 Å². The summed E-state index contributed by atoms with van der Waals surface area (Å²) in [5.74, 6) is -1.12. The van der Waals surface area contributed by atoms with Gasteiger partial charge < -0.3 is 4.57 Å². The smallest absolute Gasteiger partial charge is 0.262 e. The lowest BCUT2D eigenvalue weighted by atomic mass is 10.1. The fourth-order valence-electron chi connectivity index (χ4n) is 3.12. The van der Waals surface area contributed by atoms with Gasteiger partial charge in [-0.3, -0.25) is 19.3 Å². The van der Waals surface area contributed by atoms with Crippen molar-refractivity contribution in [1.29, 1.82) is 0 Å². The quantitative estimate of drug-likeness (QED) is 0.444. The van der Waals surface area contributed by atoms with Crippen LogP contribution in [0.4, 0.5) is 5.69 Å². The minimum Gasteiger partial charge on any atom is -0.338 e. The lowest BCUT2D eigenvalue weighted by Gasteiger charge is -2.36. The molecule has 0 fully saturated rings. The van der Waals surface area contributed by atoms with Crippen LogP contribution in [0.1, 0.15) is 20.7 Å². The number of rotatable bonds is 4. The zero-order valence-electron chi connectivity index (χ0n) is 15.1. The molecule has 0 aromatic heterocycles. The summed E-state index contributed by atoms with van der Waals surface area (Å²) in [4.78, 5) is 39.5. The normalized spacial score (nSPS) is 13.7. The third-order valence-electron chi connectivity index (χ3n) is 4.24. The van der Waals surface area contributed by atoms with Gasteiger partial charge in [0.15, 0.2) is 8.24 Å². The van der Waals surface area contributed by atoms with Crippen LogP contribution in [0.2, 0.25) is 19.6 Å². The van der Waals surface area contributed by atoms with Gasteiger partial charge in [-0.25, -0.2) is 0 Å². The topological polar surface area (TPSA) is 57.7 Å². The van der Waals surface area contributed by atoms with Crippen molar-refractivity contribution in [3.05, 3.63) is 62.5 Å². The molecule has 3 amide bonds. The van der Waals surface area contributed by atoms with E-state index in [9.17, 15) is 14.4 Å². The molecule has 140 valence electrons.